The average Bonchev–Trinajstić information content (AvgIpc) is 2.49. The second-order valence-corrected chi connectivity index (χ2v) is 6.30. The van der Waals surface area contributed by atoms with Crippen LogP contribution in [0.3, 0.4) is 0 Å². The molecule has 2 heterocycles. The van der Waals surface area contributed by atoms with E-state index in [1.165, 1.54) is 38.0 Å². The summed E-state index contributed by atoms with van der Waals surface area (Å²) in [7, 11) is 0. The third-order valence-corrected chi connectivity index (χ3v) is 4.58. The van der Waals surface area contributed by atoms with Crippen molar-refractivity contribution in [2.24, 2.45) is 5.92 Å². The Hall–Kier alpha value is -0.610. The van der Waals surface area contributed by atoms with E-state index in [4.69, 9.17) is 16.3 Å². The van der Waals surface area contributed by atoms with E-state index in [9.17, 15) is 0 Å². The van der Waals surface area contributed by atoms with Crippen molar-refractivity contribution in [2.75, 3.05) is 39.3 Å². The predicted molar refractivity (Wildman–Crippen MR) is 82.2 cm³/mol. The lowest BCUT2D eigenvalue weighted by Gasteiger charge is -2.36. The first kappa shape index (κ1) is 14.3. The van der Waals surface area contributed by atoms with Crippen LogP contribution in [-0.2, 0) is 4.74 Å². The third kappa shape index (κ3) is 3.73. The minimum Gasteiger partial charge on any atom is -0.371 e. The lowest BCUT2D eigenvalue weighted by molar-refractivity contribution is -0.0356. The van der Waals surface area contributed by atoms with Gasteiger partial charge in [0.25, 0.3) is 0 Å². The highest BCUT2D eigenvalue weighted by molar-refractivity contribution is 6.30. The summed E-state index contributed by atoms with van der Waals surface area (Å²) in [5.74, 6) is 0.842. The van der Waals surface area contributed by atoms with Gasteiger partial charge in [0, 0.05) is 24.7 Å². The van der Waals surface area contributed by atoms with Gasteiger partial charge >= 0.3 is 0 Å². The molecule has 110 valence electrons. The number of hydrogen-bond acceptors (Lipinski definition) is 3. The molecular weight excluding hydrogens is 272 g/mol. The van der Waals surface area contributed by atoms with Gasteiger partial charge in [-0.1, -0.05) is 23.7 Å². The van der Waals surface area contributed by atoms with Crippen molar-refractivity contribution in [3.8, 4) is 0 Å². The highest BCUT2D eigenvalue weighted by Crippen LogP contribution is 2.25. The van der Waals surface area contributed by atoms with Crippen molar-refractivity contribution in [3.63, 3.8) is 0 Å². The van der Waals surface area contributed by atoms with E-state index in [2.05, 4.69) is 16.3 Å². The molecule has 0 amide bonds. The Morgan fingerprint density at radius 3 is 2.95 bits per heavy atom. The summed E-state index contributed by atoms with van der Waals surface area (Å²) in [5, 5.41) is 4.23. The van der Waals surface area contributed by atoms with Crippen molar-refractivity contribution in [3.05, 3.63) is 34.9 Å². The largest absolute Gasteiger partial charge is 0.371 e. The van der Waals surface area contributed by atoms with Crippen LogP contribution in [0.5, 0.6) is 0 Å². The van der Waals surface area contributed by atoms with Crippen LogP contribution >= 0.6 is 11.6 Å². The number of morpholine rings is 1. The Kier molecular flexibility index (Phi) is 4.94. The molecule has 1 N–H and O–H groups in total. The highest BCUT2D eigenvalue weighted by Gasteiger charge is 2.24. The summed E-state index contributed by atoms with van der Waals surface area (Å²) in [4.78, 5) is 2.56. The zero-order chi connectivity index (χ0) is 13.8. The molecular formula is C16H23ClN2O. The molecule has 0 aromatic heterocycles. The second-order valence-electron chi connectivity index (χ2n) is 5.87. The topological polar surface area (TPSA) is 24.5 Å². The Morgan fingerprint density at radius 2 is 2.15 bits per heavy atom. The van der Waals surface area contributed by atoms with Crippen molar-refractivity contribution >= 4 is 11.6 Å². The summed E-state index contributed by atoms with van der Waals surface area (Å²) >= 11 is 6.08. The molecule has 1 aromatic carbocycles. The molecule has 0 bridgehead atoms. The van der Waals surface area contributed by atoms with Crippen LogP contribution in [0.15, 0.2) is 24.3 Å². The Labute approximate surface area is 126 Å². The van der Waals surface area contributed by atoms with Gasteiger partial charge in [-0.2, -0.15) is 0 Å². The van der Waals surface area contributed by atoms with Crippen molar-refractivity contribution < 1.29 is 4.74 Å². The van der Waals surface area contributed by atoms with Crippen molar-refractivity contribution in [1.82, 2.24) is 10.2 Å². The molecule has 20 heavy (non-hydrogen) atoms. The lowest BCUT2D eigenvalue weighted by atomic mass is 9.97. The van der Waals surface area contributed by atoms with Gasteiger partial charge in [-0.05, 0) is 49.5 Å². The number of ether oxygens (including phenoxy) is 1. The molecule has 4 heteroatoms. The fraction of sp³-hybridized carbons (Fsp3) is 0.625. The monoisotopic (exact) mass is 294 g/mol. The minimum absolute atomic E-state index is 0.171. The molecule has 0 saturated carbocycles. The maximum absolute atomic E-state index is 6.08. The number of rotatable bonds is 3. The smallest absolute Gasteiger partial charge is 0.0952 e. The summed E-state index contributed by atoms with van der Waals surface area (Å²) in [6.07, 6.45) is 2.78. The predicted octanol–water partition coefficient (Wildman–Crippen LogP) is 2.71. The van der Waals surface area contributed by atoms with Crippen LogP contribution in [0.4, 0.5) is 0 Å². The van der Waals surface area contributed by atoms with Gasteiger partial charge in [0.2, 0.25) is 0 Å². The van der Waals surface area contributed by atoms with E-state index in [1.54, 1.807) is 0 Å². The minimum atomic E-state index is 0.171. The maximum atomic E-state index is 6.08. The molecule has 2 aliphatic rings. The van der Waals surface area contributed by atoms with E-state index in [0.717, 1.165) is 30.6 Å². The fourth-order valence-corrected chi connectivity index (χ4v) is 3.41. The van der Waals surface area contributed by atoms with Gasteiger partial charge in [-0.3, -0.25) is 4.90 Å². The van der Waals surface area contributed by atoms with E-state index >= 15 is 0 Å². The number of nitrogens with one attached hydrogen (secondary N) is 1. The first-order valence-electron chi connectivity index (χ1n) is 7.61. The van der Waals surface area contributed by atoms with Crippen LogP contribution in [0, 0.1) is 5.92 Å². The van der Waals surface area contributed by atoms with Gasteiger partial charge < -0.3 is 10.1 Å². The Morgan fingerprint density at radius 1 is 1.30 bits per heavy atom. The SMILES string of the molecule is Clc1cccc(C2CN(CC3CCNCC3)CCO2)c1. The van der Waals surface area contributed by atoms with Gasteiger partial charge in [-0.25, -0.2) is 0 Å². The maximum Gasteiger partial charge on any atom is 0.0952 e. The number of halogens is 1. The van der Waals surface area contributed by atoms with Crippen LogP contribution in [0.1, 0.15) is 24.5 Å². The molecule has 3 rings (SSSR count). The molecule has 1 unspecified atom stereocenters. The van der Waals surface area contributed by atoms with Crippen molar-refractivity contribution in [1.29, 1.82) is 0 Å². The number of piperidine rings is 1. The zero-order valence-corrected chi connectivity index (χ0v) is 12.6. The normalized spacial score (nSPS) is 25.8. The molecule has 2 saturated heterocycles. The van der Waals surface area contributed by atoms with Crippen LogP contribution < -0.4 is 5.32 Å². The molecule has 1 atom stereocenters. The van der Waals surface area contributed by atoms with Gasteiger partial charge in [0.1, 0.15) is 0 Å². The third-order valence-electron chi connectivity index (χ3n) is 4.35. The van der Waals surface area contributed by atoms with Crippen molar-refractivity contribution in [2.45, 2.75) is 18.9 Å². The van der Waals surface area contributed by atoms with Gasteiger partial charge in [-0.15, -0.1) is 0 Å². The average molecular weight is 295 g/mol. The number of hydrogen-bond donors (Lipinski definition) is 1. The first-order valence-corrected chi connectivity index (χ1v) is 7.99. The van der Waals surface area contributed by atoms with Gasteiger partial charge in [0.05, 0.1) is 12.7 Å². The van der Waals surface area contributed by atoms with Crippen LogP contribution in [0.25, 0.3) is 0 Å². The summed E-state index contributed by atoms with van der Waals surface area (Å²) in [6.45, 7) is 6.43. The molecule has 0 spiro atoms. The number of benzene rings is 1. The second kappa shape index (κ2) is 6.90. The molecule has 0 aliphatic carbocycles. The summed E-state index contributed by atoms with van der Waals surface area (Å²) < 4.78 is 5.93. The molecule has 0 radical (unpaired) electrons. The molecule has 1 aromatic rings. The van der Waals surface area contributed by atoms with Crippen LogP contribution in [-0.4, -0.2) is 44.2 Å². The Bertz CT molecular complexity index is 434. The van der Waals surface area contributed by atoms with E-state index in [-0.39, 0.29) is 6.10 Å². The fourth-order valence-electron chi connectivity index (χ4n) is 3.21. The van der Waals surface area contributed by atoms with E-state index < -0.39 is 0 Å². The summed E-state index contributed by atoms with van der Waals surface area (Å²) in [6, 6.07) is 8.07. The Balaban J connectivity index is 1.58. The van der Waals surface area contributed by atoms with Gasteiger partial charge in [0.15, 0.2) is 0 Å². The zero-order valence-electron chi connectivity index (χ0n) is 11.9. The highest BCUT2D eigenvalue weighted by atomic mass is 35.5. The molecule has 2 aliphatic heterocycles. The first-order chi connectivity index (χ1) is 9.81. The number of nitrogens with zero attached hydrogens (tertiary/aromatic N) is 1. The summed E-state index contributed by atoms with van der Waals surface area (Å²) in [5.41, 5.74) is 1.20. The molecule has 2 fully saturated rings. The van der Waals surface area contributed by atoms with E-state index in [0.29, 0.717) is 0 Å². The lowest BCUT2D eigenvalue weighted by Crippen LogP contribution is -2.43. The van der Waals surface area contributed by atoms with E-state index in [1.807, 2.05) is 18.2 Å². The quantitative estimate of drug-likeness (QED) is 0.928. The van der Waals surface area contributed by atoms with Crippen LogP contribution in [0.2, 0.25) is 5.02 Å². The standard InChI is InChI=1S/C16H23ClN2O/c17-15-3-1-2-14(10-15)16-12-19(8-9-20-16)11-13-4-6-18-7-5-13/h1-3,10,13,16,18H,4-9,11-12H2. The molecule has 3 nitrogen and oxygen atoms in total.